The molecule has 0 aromatic heterocycles. The molecule has 6 heteroatoms. The Morgan fingerprint density at radius 3 is 2.37 bits per heavy atom. The Balaban J connectivity index is 1.36. The van der Waals surface area contributed by atoms with E-state index in [9.17, 15) is 9.90 Å². The van der Waals surface area contributed by atoms with Gasteiger partial charge in [0, 0.05) is 43.3 Å². The summed E-state index contributed by atoms with van der Waals surface area (Å²) in [5.41, 5.74) is 1.75. The molecule has 1 atom stereocenters. The summed E-state index contributed by atoms with van der Waals surface area (Å²) in [5.74, 6) is 0.0714. The molecule has 0 aliphatic carbocycles. The SMILES string of the molecule is O=C(c1ccccc1)N1CCN(CC(O)COCc2ccc(Cl)cc2)CC1. The third-order valence-corrected chi connectivity index (χ3v) is 4.89. The van der Waals surface area contributed by atoms with Crippen LogP contribution >= 0.6 is 11.6 Å². The van der Waals surface area contributed by atoms with Gasteiger partial charge in [-0.05, 0) is 29.8 Å². The summed E-state index contributed by atoms with van der Waals surface area (Å²) in [6.45, 7) is 4.14. The number of aliphatic hydroxyl groups is 1. The minimum atomic E-state index is -0.548. The summed E-state index contributed by atoms with van der Waals surface area (Å²) < 4.78 is 5.60. The third kappa shape index (κ3) is 6.04. The van der Waals surface area contributed by atoms with Crippen molar-refractivity contribution in [3.8, 4) is 0 Å². The van der Waals surface area contributed by atoms with Gasteiger partial charge in [-0.3, -0.25) is 9.69 Å². The molecule has 0 spiro atoms. The van der Waals surface area contributed by atoms with E-state index < -0.39 is 6.10 Å². The molecule has 0 saturated carbocycles. The number of nitrogens with zero attached hydrogens (tertiary/aromatic N) is 2. The van der Waals surface area contributed by atoms with E-state index in [-0.39, 0.29) is 12.5 Å². The number of halogens is 1. The Morgan fingerprint density at radius 2 is 1.70 bits per heavy atom. The van der Waals surface area contributed by atoms with Crippen molar-refractivity contribution < 1.29 is 14.6 Å². The highest BCUT2D eigenvalue weighted by atomic mass is 35.5. The molecule has 2 aromatic carbocycles. The van der Waals surface area contributed by atoms with Crippen LogP contribution in [0.25, 0.3) is 0 Å². The highest BCUT2D eigenvalue weighted by molar-refractivity contribution is 6.30. The lowest BCUT2D eigenvalue weighted by Gasteiger charge is -2.35. The fourth-order valence-corrected chi connectivity index (χ4v) is 3.27. The van der Waals surface area contributed by atoms with Gasteiger partial charge >= 0.3 is 0 Å². The molecular weight excluding hydrogens is 364 g/mol. The Labute approximate surface area is 165 Å². The van der Waals surface area contributed by atoms with Gasteiger partial charge in [0.1, 0.15) is 0 Å². The number of piperazine rings is 1. The maximum atomic E-state index is 12.5. The first-order chi connectivity index (χ1) is 13.1. The van der Waals surface area contributed by atoms with Crippen LogP contribution in [0.3, 0.4) is 0 Å². The molecule has 1 unspecified atom stereocenters. The molecule has 5 nitrogen and oxygen atoms in total. The third-order valence-electron chi connectivity index (χ3n) is 4.64. The summed E-state index contributed by atoms with van der Waals surface area (Å²) >= 11 is 5.86. The standard InChI is InChI=1S/C21H25ClN2O3/c22-19-8-6-17(7-9-19)15-27-16-20(25)14-23-10-12-24(13-11-23)21(26)18-4-2-1-3-5-18/h1-9,20,25H,10-16H2. The first kappa shape index (κ1) is 19.8. The lowest BCUT2D eigenvalue weighted by Crippen LogP contribution is -2.50. The molecule has 1 heterocycles. The fourth-order valence-electron chi connectivity index (χ4n) is 3.14. The van der Waals surface area contributed by atoms with Crippen LogP contribution in [-0.4, -0.2) is 66.2 Å². The lowest BCUT2D eigenvalue weighted by molar-refractivity contribution is 0.00206. The van der Waals surface area contributed by atoms with Crippen molar-refractivity contribution >= 4 is 17.5 Å². The average molecular weight is 389 g/mol. The molecule has 1 N–H and O–H groups in total. The van der Waals surface area contributed by atoms with Crippen LogP contribution in [0.2, 0.25) is 5.02 Å². The van der Waals surface area contributed by atoms with E-state index in [0.717, 1.165) is 24.2 Å². The van der Waals surface area contributed by atoms with Crippen molar-refractivity contribution in [2.75, 3.05) is 39.3 Å². The Bertz CT molecular complexity index is 716. The van der Waals surface area contributed by atoms with E-state index in [2.05, 4.69) is 4.90 Å². The second-order valence-corrected chi connectivity index (χ2v) is 7.19. The zero-order valence-corrected chi connectivity index (χ0v) is 16.0. The largest absolute Gasteiger partial charge is 0.389 e. The molecule has 144 valence electrons. The van der Waals surface area contributed by atoms with E-state index in [4.69, 9.17) is 16.3 Å². The van der Waals surface area contributed by atoms with Gasteiger partial charge in [0.15, 0.2) is 0 Å². The number of aliphatic hydroxyl groups excluding tert-OH is 1. The van der Waals surface area contributed by atoms with Crippen molar-refractivity contribution in [2.24, 2.45) is 0 Å². The first-order valence-electron chi connectivity index (χ1n) is 9.19. The van der Waals surface area contributed by atoms with Crippen LogP contribution in [-0.2, 0) is 11.3 Å². The van der Waals surface area contributed by atoms with Crippen LogP contribution in [0.4, 0.5) is 0 Å². The highest BCUT2D eigenvalue weighted by Gasteiger charge is 2.23. The van der Waals surface area contributed by atoms with Crippen molar-refractivity contribution in [3.63, 3.8) is 0 Å². The molecule has 1 saturated heterocycles. The van der Waals surface area contributed by atoms with Gasteiger partial charge in [0.2, 0.25) is 0 Å². The topological polar surface area (TPSA) is 53.0 Å². The van der Waals surface area contributed by atoms with Gasteiger partial charge < -0.3 is 14.7 Å². The van der Waals surface area contributed by atoms with Crippen LogP contribution in [0.5, 0.6) is 0 Å². The van der Waals surface area contributed by atoms with Crippen LogP contribution in [0.15, 0.2) is 54.6 Å². The second kappa shape index (κ2) is 9.85. The predicted molar refractivity (Wildman–Crippen MR) is 106 cm³/mol. The number of rotatable bonds is 7. The van der Waals surface area contributed by atoms with E-state index >= 15 is 0 Å². The number of carbonyl (C=O) groups excluding carboxylic acids is 1. The zero-order valence-electron chi connectivity index (χ0n) is 15.3. The Hall–Kier alpha value is -1.92. The van der Waals surface area contributed by atoms with Crippen LogP contribution in [0, 0.1) is 0 Å². The molecule has 3 rings (SSSR count). The van der Waals surface area contributed by atoms with Gasteiger partial charge in [-0.25, -0.2) is 0 Å². The monoisotopic (exact) mass is 388 g/mol. The average Bonchev–Trinajstić information content (AvgIpc) is 2.70. The molecule has 0 bridgehead atoms. The summed E-state index contributed by atoms with van der Waals surface area (Å²) in [6.07, 6.45) is -0.548. The van der Waals surface area contributed by atoms with E-state index in [1.165, 1.54) is 0 Å². The number of β-amino-alcohol motifs (C(OH)–C–C–N with tert-alkyl or cyclic N) is 1. The normalized spacial score (nSPS) is 16.3. The van der Waals surface area contributed by atoms with Gasteiger partial charge in [0.05, 0.1) is 19.3 Å². The zero-order chi connectivity index (χ0) is 19.1. The van der Waals surface area contributed by atoms with Crippen molar-refractivity contribution in [1.29, 1.82) is 0 Å². The van der Waals surface area contributed by atoms with Gasteiger partial charge in [0.25, 0.3) is 5.91 Å². The molecule has 1 amide bonds. The number of amides is 1. The first-order valence-corrected chi connectivity index (χ1v) is 9.56. The minimum Gasteiger partial charge on any atom is -0.389 e. The lowest BCUT2D eigenvalue weighted by atomic mass is 10.2. The molecular formula is C21H25ClN2O3. The van der Waals surface area contributed by atoms with Crippen molar-refractivity contribution in [2.45, 2.75) is 12.7 Å². The number of ether oxygens (including phenoxy) is 1. The summed E-state index contributed by atoms with van der Waals surface area (Å²) in [6, 6.07) is 16.8. The smallest absolute Gasteiger partial charge is 0.253 e. The molecule has 1 aliphatic rings. The van der Waals surface area contributed by atoms with Crippen molar-refractivity contribution in [3.05, 3.63) is 70.7 Å². The summed E-state index contributed by atoms with van der Waals surface area (Å²) in [7, 11) is 0. The van der Waals surface area contributed by atoms with E-state index in [1.54, 1.807) is 0 Å². The van der Waals surface area contributed by atoms with E-state index in [1.807, 2.05) is 59.5 Å². The number of hydrogen-bond donors (Lipinski definition) is 1. The maximum absolute atomic E-state index is 12.5. The molecule has 2 aromatic rings. The van der Waals surface area contributed by atoms with Crippen molar-refractivity contribution in [1.82, 2.24) is 9.80 Å². The van der Waals surface area contributed by atoms with E-state index in [0.29, 0.717) is 31.3 Å². The van der Waals surface area contributed by atoms with Crippen LogP contribution in [0.1, 0.15) is 15.9 Å². The van der Waals surface area contributed by atoms with Gasteiger partial charge in [-0.1, -0.05) is 41.9 Å². The molecule has 0 radical (unpaired) electrons. The Kier molecular flexibility index (Phi) is 7.24. The van der Waals surface area contributed by atoms with Gasteiger partial charge in [-0.2, -0.15) is 0 Å². The molecule has 1 aliphatic heterocycles. The number of hydrogen-bond acceptors (Lipinski definition) is 4. The maximum Gasteiger partial charge on any atom is 0.253 e. The fraction of sp³-hybridized carbons (Fsp3) is 0.381. The number of carbonyl (C=O) groups is 1. The highest BCUT2D eigenvalue weighted by Crippen LogP contribution is 2.11. The Morgan fingerprint density at radius 1 is 1.04 bits per heavy atom. The minimum absolute atomic E-state index is 0.0714. The summed E-state index contributed by atoms with van der Waals surface area (Å²) in [5, 5.41) is 10.9. The summed E-state index contributed by atoms with van der Waals surface area (Å²) in [4.78, 5) is 16.5. The van der Waals surface area contributed by atoms with Crippen LogP contribution < -0.4 is 0 Å². The van der Waals surface area contributed by atoms with Gasteiger partial charge in [-0.15, -0.1) is 0 Å². The quantitative estimate of drug-likeness (QED) is 0.792. The molecule has 27 heavy (non-hydrogen) atoms. The number of benzene rings is 2. The predicted octanol–water partition coefficient (Wildman–Crippen LogP) is 2.68. The second-order valence-electron chi connectivity index (χ2n) is 6.75. The molecule has 1 fully saturated rings.